The van der Waals surface area contributed by atoms with Crippen LogP contribution >= 0.6 is 0 Å². The van der Waals surface area contributed by atoms with Gasteiger partial charge in [0.2, 0.25) is 5.91 Å². The van der Waals surface area contributed by atoms with Gasteiger partial charge in [-0.1, -0.05) is 91.0 Å². The van der Waals surface area contributed by atoms with Crippen LogP contribution in [-0.4, -0.2) is 55.1 Å². The summed E-state index contributed by atoms with van der Waals surface area (Å²) in [5.41, 5.74) is 1.63. The minimum absolute atomic E-state index is 0.520. The number of methoxy groups -OCH3 is 1. The molecule has 0 aromatic heterocycles. The van der Waals surface area contributed by atoms with E-state index in [-0.39, 0.29) is 0 Å². The predicted octanol–water partition coefficient (Wildman–Crippen LogP) is 3.57. The molecule has 1 fully saturated rings. The standard InChI is InChI=1S/C30H35NO7/c1-21(32)31-29(33)27-25(35-18-22-12-6-3-7-13-22)26(36-19-23-14-8-4-9-15-23)28(30(34-2)38-27)37-20-24-16-10-5-11-17-24/h3-17,25-30,33H,18-20H2,1-2H3,(H,31,32)/t25-,26+,27+,28-,29?,30?/m1/s1/i18D,19D,20D/t18?,19?,20?,25-,26+,27+,28-,29?,30?. The van der Waals surface area contributed by atoms with E-state index in [9.17, 15) is 9.90 Å². The Balaban J connectivity index is 1.74. The van der Waals surface area contributed by atoms with Gasteiger partial charge in [0.15, 0.2) is 12.5 Å². The Morgan fingerprint density at radius 1 is 0.816 bits per heavy atom. The molecule has 3 aromatic rings. The van der Waals surface area contributed by atoms with Gasteiger partial charge in [-0.05, 0) is 16.7 Å². The number of benzene rings is 3. The molecule has 38 heavy (non-hydrogen) atoms. The molecule has 1 saturated heterocycles. The fourth-order valence-corrected chi connectivity index (χ4v) is 4.09. The zero-order valence-corrected chi connectivity index (χ0v) is 21.3. The maximum atomic E-state index is 11.9. The van der Waals surface area contributed by atoms with Gasteiger partial charge in [0.05, 0.1) is 23.9 Å². The maximum absolute atomic E-state index is 11.9. The summed E-state index contributed by atoms with van der Waals surface area (Å²) in [6, 6.07) is 26.5. The topological polar surface area (TPSA) is 95.5 Å². The van der Waals surface area contributed by atoms with Crippen molar-refractivity contribution in [3.8, 4) is 0 Å². The van der Waals surface area contributed by atoms with Gasteiger partial charge < -0.3 is 34.1 Å². The molecule has 5 unspecified atom stereocenters. The number of ether oxygens (including phenoxy) is 5. The quantitative estimate of drug-likeness (QED) is 0.350. The molecular formula is C30H35NO7. The Hall–Kier alpha value is -3.11. The van der Waals surface area contributed by atoms with E-state index in [0.29, 0.717) is 16.7 Å². The normalized spacial score (nSPS) is 27.7. The molecule has 3 aromatic carbocycles. The number of carbonyl (C=O) groups is 1. The van der Waals surface area contributed by atoms with Gasteiger partial charge in [0.1, 0.15) is 24.4 Å². The first-order valence-corrected chi connectivity index (χ1v) is 12.3. The largest absolute Gasteiger partial charge is 0.371 e. The monoisotopic (exact) mass is 524 g/mol. The van der Waals surface area contributed by atoms with Crippen molar-refractivity contribution in [2.45, 2.75) is 63.6 Å². The van der Waals surface area contributed by atoms with E-state index in [1.54, 1.807) is 72.8 Å². The van der Waals surface area contributed by atoms with E-state index in [0.717, 1.165) is 0 Å². The molecule has 0 saturated carbocycles. The summed E-state index contributed by atoms with van der Waals surface area (Å²) >= 11 is 0. The van der Waals surface area contributed by atoms with E-state index in [1.807, 2.05) is 18.2 Å². The number of rotatable bonds is 12. The van der Waals surface area contributed by atoms with Crippen molar-refractivity contribution >= 4 is 5.91 Å². The molecule has 202 valence electrons. The minimum Gasteiger partial charge on any atom is -0.371 e. The molecule has 1 heterocycles. The van der Waals surface area contributed by atoms with Crippen LogP contribution in [0.4, 0.5) is 0 Å². The van der Waals surface area contributed by atoms with Crippen LogP contribution in [0.25, 0.3) is 0 Å². The molecule has 8 heteroatoms. The molecule has 1 aliphatic heterocycles. The molecule has 1 amide bonds. The van der Waals surface area contributed by atoms with Gasteiger partial charge in [-0.3, -0.25) is 4.79 Å². The van der Waals surface area contributed by atoms with Crippen molar-refractivity contribution in [1.82, 2.24) is 5.32 Å². The highest BCUT2D eigenvalue weighted by Crippen LogP contribution is 2.32. The first-order chi connectivity index (χ1) is 19.8. The molecule has 9 atom stereocenters. The number of aliphatic hydroxyl groups excluding tert-OH is 1. The summed E-state index contributed by atoms with van der Waals surface area (Å²) in [4.78, 5) is 11.9. The van der Waals surface area contributed by atoms with E-state index < -0.39 is 62.6 Å². The SMILES string of the molecule is [2H]C(O[C@@H]1[C@H](OC([2H])c2ccccc2)[C@@H](OC([2H])c2ccccc2)C(OC)O[C@@H]1C(O)NC(C)=O)c1ccccc1. The number of hydrogen-bond donors (Lipinski definition) is 2. The van der Waals surface area contributed by atoms with Gasteiger partial charge in [-0.2, -0.15) is 0 Å². The molecule has 0 aliphatic carbocycles. The lowest BCUT2D eigenvalue weighted by Gasteiger charge is -2.46. The van der Waals surface area contributed by atoms with Crippen molar-refractivity contribution < 1.29 is 37.7 Å². The Morgan fingerprint density at radius 3 is 1.66 bits per heavy atom. The number of carbonyl (C=O) groups excluding carboxylic acids is 1. The van der Waals surface area contributed by atoms with E-state index in [4.69, 9.17) is 27.8 Å². The molecule has 0 radical (unpaired) electrons. The number of nitrogens with one attached hydrogen (secondary N) is 1. The average molecular weight is 525 g/mol. The van der Waals surface area contributed by atoms with Gasteiger partial charge in [-0.15, -0.1) is 0 Å². The van der Waals surface area contributed by atoms with Crippen LogP contribution in [0.5, 0.6) is 0 Å². The first-order valence-electron chi connectivity index (χ1n) is 14.0. The molecular weight excluding hydrogens is 486 g/mol. The maximum Gasteiger partial charge on any atom is 0.218 e. The lowest BCUT2D eigenvalue weighted by molar-refractivity contribution is -0.330. The smallest absolute Gasteiger partial charge is 0.218 e. The summed E-state index contributed by atoms with van der Waals surface area (Å²) in [6.45, 7) is -2.42. The van der Waals surface area contributed by atoms with Gasteiger partial charge in [0, 0.05) is 14.0 Å². The van der Waals surface area contributed by atoms with Crippen LogP contribution in [0, 0.1) is 0 Å². The van der Waals surface area contributed by atoms with Crippen molar-refractivity contribution in [3.05, 3.63) is 108 Å². The number of hydrogen-bond acceptors (Lipinski definition) is 7. The summed E-state index contributed by atoms with van der Waals surface area (Å²) in [6.07, 6.45) is -7.60. The van der Waals surface area contributed by atoms with Gasteiger partial charge in [0.25, 0.3) is 0 Å². The summed E-state index contributed by atoms with van der Waals surface area (Å²) in [5, 5.41) is 13.4. The summed E-state index contributed by atoms with van der Waals surface area (Å²) in [5.74, 6) is -0.520. The van der Waals surface area contributed by atoms with E-state index in [2.05, 4.69) is 5.32 Å². The van der Waals surface area contributed by atoms with Crippen LogP contribution < -0.4 is 5.32 Å². The fraction of sp³-hybridized carbons (Fsp3) is 0.367. The van der Waals surface area contributed by atoms with Crippen molar-refractivity contribution in [3.63, 3.8) is 0 Å². The number of amides is 1. The van der Waals surface area contributed by atoms with Crippen LogP contribution in [0.1, 0.15) is 27.7 Å². The molecule has 2 N–H and O–H groups in total. The second kappa shape index (κ2) is 14.2. The van der Waals surface area contributed by atoms with Gasteiger partial charge in [-0.25, -0.2) is 0 Å². The highest BCUT2D eigenvalue weighted by Gasteiger charge is 2.51. The van der Waals surface area contributed by atoms with Crippen LogP contribution in [-0.2, 0) is 48.2 Å². The Morgan fingerprint density at radius 2 is 1.24 bits per heavy atom. The molecule has 4 rings (SSSR count). The van der Waals surface area contributed by atoms with Gasteiger partial charge >= 0.3 is 0 Å². The van der Waals surface area contributed by atoms with Crippen LogP contribution in [0.3, 0.4) is 0 Å². The minimum atomic E-state index is -1.58. The Labute approximate surface area is 227 Å². The van der Waals surface area contributed by atoms with Crippen LogP contribution in [0.15, 0.2) is 91.0 Å². The molecule has 0 bridgehead atoms. The molecule has 0 spiro atoms. The third-order valence-electron chi connectivity index (χ3n) is 5.91. The zero-order valence-electron chi connectivity index (χ0n) is 24.3. The highest BCUT2D eigenvalue weighted by molar-refractivity contribution is 5.73. The second-order valence-electron chi connectivity index (χ2n) is 8.74. The Kier molecular flexibility index (Phi) is 8.93. The fourth-order valence-electron chi connectivity index (χ4n) is 4.09. The third kappa shape index (κ3) is 7.70. The van der Waals surface area contributed by atoms with Crippen LogP contribution in [0.2, 0.25) is 0 Å². The highest BCUT2D eigenvalue weighted by atomic mass is 16.7. The average Bonchev–Trinajstić information content (AvgIpc) is 2.99. The zero-order chi connectivity index (χ0) is 29.4. The first kappa shape index (κ1) is 24.0. The lowest BCUT2D eigenvalue weighted by Crippen LogP contribution is -2.65. The second-order valence-corrected chi connectivity index (χ2v) is 8.74. The number of aliphatic hydroxyl groups is 1. The molecule has 1 aliphatic rings. The third-order valence-corrected chi connectivity index (χ3v) is 5.91. The summed E-state index contributed by atoms with van der Waals surface area (Å²) < 4.78 is 56.5. The van der Waals surface area contributed by atoms with Crippen molar-refractivity contribution in [2.75, 3.05) is 7.11 Å². The molecule has 8 nitrogen and oxygen atoms in total. The van der Waals surface area contributed by atoms with E-state index in [1.165, 1.54) is 14.0 Å². The summed E-state index contributed by atoms with van der Waals surface area (Å²) in [7, 11) is 1.37. The van der Waals surface area contributed by atoms with Crippen molar-refractivity contribution in [2.24, 2.45) is 0 Å². The van der Waals surface area contributed by atoms with Crippen molar-refractivity contribution in [1.29, 1.82) is 0 Å². The van der Waals surface area contributed by atoms with E-state index >= 15 is 0 Å². The predicted molar refractivity (Wildman–Crippen MR) is 141 cm³/mol. The lowest BCUT2D eigenvalue weighted by atomic mass is 9.96. The Bertz CT molecular complexity index is 1210.